The molecule has 1 aromatic carbocycles. The minimum absolute atomic E-state index is 0.376. The number of hydrogen-bond acceptors (Lipinski definition) is 9. The van der Waals surface area contributed by atoms with Gasteiger partial charge in [0.1, 0.15) is 12.2 Å². The number of carboxylic acid groups (broad SMARTS) is 1. The number of carbonyl (C=O) groups excluding carboxylic acids is 1. The molecule has 0 unspecified atom stereocenters. The number of phenolic OH excluding ortho intramolecular Hbond substituents is 1. The van der Waals surface area contributed by atoms with Crippen LogP contribution in [0.3, 0.4) is 0 Å². The molecule has 12 heteroatoms. The number of carbonyl (C=O) groups is 2. The predicted molar refractivity (Wildman–Crippen MR) is 82.1 cm³/mol. The highest BCUT2D eigenvalue weighted by atomic mass is 31.2. The molecule has 6 N–H and O–H groups in total. The van der Waals surface area contributed by atoms with E-state index in [2.05, 4.69) is 0 Å². The molecule has 1 aromatic rings. The van der Waals surface area contributed by atoms with Gasteiger partial charge in [-0.3, -0.25) is 14.9 Å². The number of nitrogens with zero attached hydrogens (tertiary/aromatic N) is 1. The summed E-state index contributed by atoms with van der Waals surface area (Å²) >= 11 is 0. The molecule has 0 spiro atoms. The number of aromatic hydroxyl groups is 1. The largest absolute Gasteiger partial charge is 0.500 e. The van der Waals surface area contributed by atoms with Crippen LogP contribution in [0.4, 0.5) is 5.69 Å². The maximum atomic E-state index is 12.2. The van der Waals surface area contributed by atoms with E-state index in [0.29, 0.717) is 6.07 Å². The molecule has 0 aliphatic rings. The van der Waals surface area contributed by atoms with Gasteiger partial charge in [0.15, 0.2) is 5.75 Å². The molecule has 0 aromatic heterocycles. The van der Waals surface area contributed by atoms with Gasteiger partial charge in [0.2, 0.25) is 5.75 Å². The zero-order valence-electron chi connectivity index (χ0n) is 12.4. The van der Waals surface area contributed by atoms with Crippen molar-refractivity contribution in [3.05, 3.63) is 27.8 Å². The van der Waals surface area contributed by atoms with Gasteiger partial charge in [-0.05, 0) is 6.07 Å². The minimum Gasteiger partial charge on any atom is -0.500 e. The molecule has 0 aliphatic carbocycles. The molecule has 1 rings (SSSR count). The fourth-order valence-electron chi connectivity index (χ4n) is 1.76. The van der Waals surface area contributed by atoms with Crippen molar-refractivity contribution in [1.82, 2.24) is 0 Å². The fraction of sp³-hybridized carbons (Fsp3) is 0.333. The van der Waals surface area contributed by atoms with Crippen LogP contribution in [-0.2, 0) is 4.79 Å². The zero-order chi connectivity index (χ0) is 18.7. The predicted octanol–water partition coefficient (Wildman–Crippen LogP) is 0.0834. The first kappa shape index (κ1) is 19.7. The van der Waals surface area contributed by atoms with Crippen molar-refractivity contribution in [2.75, 3.05) is 13.3 Å². The van der Waals surface area contributed by atoms with Gasteiger partial charge in [-0.15, -0.1) is 0 Å². The third-order valence-electron chi connectivity index (χ3n) is 3.11. The second kappa shape index (κ2) is 7.49. The molecule has 0 aliphatic heterocycles. The van der Waals surface area contributed by atoms with Crippen LogP contribution in [0.1, 0.15) is 16.8 Å². The van der Waals surface area contributed by atoms with Crippen molar-refractivity contribution >= 4 is 24.9 Å². The van der Waals surface area contributed by atoms with Crippen molar-refractivity contribution in [3.8, 4) is 11.5 Å². The van der Waals surface area contributed by atoms with E-state index >= 15 is 0 Å². The molecule has 0 fully saturated rings. The van der Waals surface area contributed by atoms with Gasteiger partial charge >= 0.3 is 24.9 Å². The summed E-state index contributed by atoms with van der Waals surface area (Å²) in [6, 6.07) is 0.210. The number of benzene rings is 1. The molecule has 1 atom stereocenters. The van der Waals surface area contributed by atoms with Crippen molar-refractivity contribution in [2.24, 2.45) is 5.73 Å². The topological polar surface area (TPSA) is 193 Å². The molecule has 0 heterocycles. The Morgan fingerprint density at radius 3 is 2.46 bits per heavy atom. The fourth-order valence-corrected chi connectivity index (χ4v) is 3.15. The molecular weight excluding hydrogens is 347 g/mol. The summed E-state index contributed by atoms with van der Waals surface area (Å²) in [5.74, 6) is -2.58. The average Bonchev–Trinajstić information content (AvgIpc) is 2.51. The van der Waals surface area contributed by atoms with Crippen LogP contribution in [0.2, 0.25) is 0 Å². The van der Waals surface area contributed by atoms with Crippen LogP contribution in [0.15, 0.2) is 12.1 Å². The molecule has 11 nitrogen and oxygen atoms in total. The Morgan fingerprint density at radius 1 is 1.42 bits per heavy atom. The number of methoxy groups -OCH3 is 1. The molecule has 132 valence electrons. The average molecular weight is 363 g/mol. The van der Waals surface area contributed by atoms with Gasteiger partial charge in [0.25, 0.3) is 0 Å². The van der Waals surface area contributed by atoms with Gasteiger partial charge < -0.3 is 20.7 Å². The number of aliphatic carboxylic acids is 1. The summed E-state index contributed by atoms with van der Waals surface area (Å²) in [5, 5.41) is 29.2. The first-order valence-electron chi connectivity index (χ1n) is 6.43. The van der Waals surface area contributed by atoms with E-state index in [0.717, 1.165) is 13.2 Å². The van der Waals surface area contributed by atoms with Crippen LogP contribution in [0.5, 0.6) is 11.5 Å². The van der Waals surface area contributed by atoms with E-state index in [1.165, 1.54) is 0 Å². The van der Waals surface area contributed by atoms with E-state index in [9.17, 15) is 34.6 Å². The lowest BCUT2D eigenvalue weighted by Gasteiger charge is -2.13. The quantitative estimate of drug-likeness (QED) is 0.240. The number of ether oxygens (including phenoxy) is 1. The van der Waals surface area contributed by atoms with Gasteiger partial charge in [-0.2, -0.15) is 0 Å². The van der Waals surface area contributed by atoms with Crippen LogP contribution >= 0.6 is 7.72 Å². The summed E-state index contributed by atoms with van der Waals surface area (Å²) in [4.78, 5) is 52.6. The molecule has 0 saturated carbocycles. The number of nitro groups is 1. The van der Waals surface area contributed by atoms with E-state index < -0.39 is 59.1 Å². The van der Waals surface area contributed by atoms with Crippen LogP contribution in [0.25, 0.3) is 0 Å². The number of nitro benzene ring substituents is 1. The highest BCUT2D eigenvalue weighted by Crippen LogP contribution is 2.54. The van der Waals surface area contributed by atoms with Crippen molar-refractivity contribution in [1.29, 1.82) is 0 Å². The van der Waals surface area contributed by atoms with E-state index in [1.54, 1.807) is 0 Å². The summed E-state index contributed by atoms with van der Waals surface area (Å²) in [7, 11) is -3.19. The molecule has 0 radical (unpaired) electrons. The zero-order valence-corrected chi connectivity index (χ0v) is 13.3. The van der Waals surface area contributed by atoms with Gasteiger partial charge in [-0.25, -0.2) is 14.6 Å². The second-order valence-corrected chi connectivity index (χ2v) is 7.11. The SMILES string of the molecule is COc1cc(C(=O)[P+](O)(O)CC[C@H](N)C(=O)O)cc([N+](=O)[O-])c1O. The minimum atomic E-state index is -4.29. The third-order valence-corrected chi connectivity index (χ3v) is 4.90. The monoisotopic (exact) mass is 363 g/mol. The number of carboxylic acids is 1. The van der Waals surface area contributed by atoms with Crippen molar-refractivity contribution in [2.45, 2.75) is 12.5 Å². The van der Waals surface area contributed by atoms with E-state index in [1.807, 2.05) is 0 Å². The van der Waals surface area contributed by atoms with Crippen LogP contribution in [-0.4, -0.2) is 55.7 Å². The Balaban J connectivity index is 3.15. The normalized spacial score (nSPS) is 12.5. The second-order valence-electron chi connectivity index (χ2n) is 4.80. The smallest absolute Gasteiger partial charge is 0.357 e. The number of rotatable bonds is 8. The van der Waals surface area contributed by atoms with Crippen LogP contribution in [0, 0.1) is 10.1 Å². The lowest BCUT2D eigenvalue weighted by molar-refractivity contribution is -0.386. The van der Waals surface area contributed by atoms with Crippen molar-refractivity contribution < 1.29 is 39.2 Å². The molecular formula is C12H16N2O9P+. The number of phenols is 1. The van der Waals surface area contributed by atoms with E-state index in [-0.39, 0.29) is 6.42 Å². The Bertz CT molecular complexity index is 677. The maximum Gasteiger partial charge on any atom is 0.357 e. The summed E-state index contributed by atoms with van der Waals surface area (Å²) < 4.78 is 4.71. The number of nitrogens with two attached hydrogens (primary N) is 1. The Morgan fingerprint density at radius 2 is 2.00 bits per heavy atom. The van der Waals surface area contributed by atoms with Gasteiger partial charge in [0, 0.05) is 12.5 Å². The Kier molecular flexibility index (Phi) is 6.16. The first-order chi connectivity index (χ1) is 11.0. The van der Waals surface area contributed by atoms with Crippen molar-refractivity contribution in [3.63, 3.8) is 0 Å². The lowest BCUT2D eigenvalue weighted by Crippen LogP contribution is -2.31. The molecule has 0 saturated heterocycles. The highest BCUT2D eigenvalue weighted by molar-refractivity contribution is 7.81. The molecule has 24 heavy (non-hydrogen) atoms. The van der Waals surface area contributed by atoms with Gasteiger partial charge in [-0.1, -0.05) is 0 Å². The maximum absolute atomic E-state index is 12.2. The first-order valence-corrected chi connectivity index (χ1v) is 8.31. The highest BCUT2D eigenvalue weighted by Gasteiger charge is 2.46. The molecule has 0 amide bonds. The third kappa shape index (κ3) is 4.36. The molecule has 0 bridgehead atoms. The van der Waals surface area contributed by atoms with Gasteiger partial charge in [0.05, 0.1) is 17.6 Å². The van der Waals surface area contributed by atoms with Crippen LogP contribution < -0.4 is 10.5 Å². The lowest BCUT2D eigenvalue weighted by atomic mass is 10.2. The Labute approximate surface area is 135 Å². The summed E-state index contributed by atoms with van der Waals surface area (Å²) in [6.45, 7) is 0. The standard InChI is InChI=1S/C12H15N2O9P/c1-23-9-5-6(4-8(10(9)15)14(19)20)12(18)24(21,22)3-2-7(13)11(16)17/h4-5,7,21-22H,2-3,13H2,1H3,(H-,15,16,17,18)/p+1/t7-/m0/s1. The Hall–Kier alpha value is -2.33. The summed E-state index contributed by atoms with van der Waals surface area (Å²) in [5.41, 5.74) is 2.71. The summed E-state index contributed by atoms with van der Waals surface area (Å²) in [6.07, 6.45) is -0.977. The van der Waals surface area contributed by atoms with E-state index in [4.69, 9.17) is 15.6 Å². The number of hydrogen-bond donors (Lipinski definition) is 5.